The molecule has 0 aliphatic heterocycles. The second kappa shape index (κ2) is 7.78. The molecule has 0 amide bonds. The number of rotatable bonds is 8. The third-order valence-electron chi connectivity index (χ3n) is 4.43. The van der Waals surface area contributed by atoms with Gasteiger partial charge in [-0.1, -0.05) is 18.6 Å². The summed E-state index contributed by atoms with van der Waals surface area (Å²) >= 11 is 0. The molecule has 2 unspecified atom stereocenters. The monoisotopic (exact) mass is 292 g/mol. The first-order chi connectivity index (χ1) is 10.2. The van der Waals surface area contributed by atoms with Crippen molar-refractivity contribution in [2.45, 2.75) is 50.7 Å². The van der Waals surface area contributed by atoms with Gasteiger partial charge in [0, 0.05) is 31.3 Å². The van der Waals surface area contributed by atoms with E-state index < -0.39 is 0 Å². The average molecular weight is 292 g/mol. The van der Waals surface area contributed by atoms with E-state index in [9.17, 15) is 5.11 Å². The van der Waals surface area contributed by atoms with Gasteiger partial charge in [0.1, 0.15) is 5.75 Å². The summed E-state index contributed by atoms with van der Waals surface area (Å²) in [5.74, 6) is 0.868. The third-order valence-corrected chi connectivity index (χ3v) is 4.43. The topological polar surface area (TPSA) is 58.7 Å². The van der Waals surface area contributed by atoms with Gasteiger partial charge in [-0.05, 0) is 43.9 Å². The number of aliphatic hydroxyl groups is 1. The number of benzene rings is 1. The molecule has 1 fully saturated rings. The summed E-state index contributed by atoms with van der Waals surface area (Å²) in [5.41, 5.74) is 7.53. The predicted octanol–water partition coefficient (Wildman–Crippen LogP) is 2.32. The van der Waals surface area contributed by atoms with E-state index in [1.165, 1.54) is 24.8 Å². The fraction of sp³-hybridized carbons (Fsp3) is 0.647. The van der Waals surface area contributed by atoms with Gasteiger partial charge in [0.25, 0.3) is 0 Å². The second-order valence-electron chi connectivity index (χ2n) is 5.98. The molecule has 0 heterocycles. The van der Waals surface area contributed by atoms with E-state index >= 15 is 0 Å². The minimum Gasteiger partial charge on any atom is -0.497 e. The first-order valence-corrected chi connectivity index (χ1v) is 7.93. The Morgan fingerprint density at radius 3 is 2.43 bits per heavy atom. The molecule has 0 spiro atoms. The zero-order chi connectivity index (χ0) is 15.2. The molecule has 118 valence electrons. The van der Waals surface area contributed by atoms with Crippen molar-refractivity contribution in [3.05, 3.63) is 29.8 Å². The van der Waals surface area contributed by atoms with Crippen molar-refractivity contribution >= 4 is 0 Å². The number of methoxy groups -OCH3 is 1. The highest BCUT2D eigenvalue weighted by Crippen LogP contribution is 2.34. The number of aliphatic hydroxyl groups excluding tert-OH is 1. The number of ether oxygens (including phenoxy) is 1. The average Bonchev–Trinajstić information content (AvgIpc) is 2.43. The molecule has 1 aliphatic carbocycles. The van der Waals surface area contributed by atoms with E-state index in [2.05, 4.69) is 24.0 Å². The molecule has 0 saturated heterocycles. The molecule has 1 aliphatic rings. The van der Waals surface area contributed by atoms with Gasteiger partial charge >= 0.3 is 0 Å². The van der Waals surface area contributed by atoms with Crippen LogP contribution in [0, 0.1) is 0 Å². The molecule has 0 radical (unpaired) electrons. The lowest BCUT2D eigenvalue weighted by Crippen LogP contribution is -2.48. The maximum atomic E-state index is 9.17. The predicted molar refractivity (Wildman–Crippen MR) is 85.4 cm³/mol. The Labute approximate surface area is 127 Å². The normalized spacial score (nSPS) is 18.3. The Morgan fingerprint density at radius 1 is 1.33 bits per heavy atom. The minimum absolute atomic E-state index is 0.0534. The van der Waals surface area contributed by atoms with Crippen molar-refractivity contribution in [1.82, 2.24) is 4.90 Å². The molecular formula is C17H28N2O2. The van der Waals surface area contributed by atoms with Crippen molar-refractivity contribution in [3.63, 3.8) is 0 Å². The van der Waals surface area contributed by atoms with Crippen LogP contribution in [0.2, 0.25) is 0 Å². The maximum absolute atomic E-state index is 9.17. The number of hydrogen-bond donors (Lipinski definition) is 2. The lowest BCUT2D eigenvalue weighted by molar-refractivity contribution is 0.0613. The summed E-state index contributed by atoms with van der Waals surface area (Å²) in [5, 5.41) is 9.17. The van der Waals surface area contributed by atoms with E-state index in [4.69, 9.17) is 10.5 Å². The van der Waals surface area contributed by atoms with Crippen molar-refractivity contribution in [3.8, 4) is 5.75 Å². The fourth-order valence-corrected chi connectivity index (χ4v) is 3.12. The standard InChI is InChI=1S/C17H28N2O2/c1-13(18)17(14-7-9-16(21-2)10-8-14)19(11-4-12-20)15-5-3-6-15/h7-10,13,15,17,20H,3-6,11-12,18H2,1-2H3. The first kappa shape index (κ1) is 16.3. The molecule has 2 rings (SSSR count). The van der Waals surface area contributed by atoms with Crippen LogP contribution >= 0.6 is 0 Å². The Kier molecular flexibility index (Phi) is 6.03. The third kappa shape index (κ3) is 3.96. The Hall–Kier alpha value is -1.10. The van der Waals surface area contributed by atoms with Gasteiger partial charge in [-0.2, -0.15) is 0 Å². The molecule has 4 heteroatoms. The van der Waals surface area contributed by atoms with Crippen LogP contribution < -0.4 is 10.5 Å². The van der Waals surface area contributed by atoms with Crippen LogP contribution in [0.25, 0.3) is 0 Å². The SMILES string of the molecule is COc1ccc(C(C(C)N)N(CCCO)C2CCC2)cc1. The molecule has 21 heavy (non-hydrogen) atoms. The van der Waals surface area contributed by atoms with Crippen LogP contribution in [0.5, 0.6) is 5.75 Å². The minimum atomic E-state index is 0.0534. The number of hydrogen-bond acceptors (Lipinski definition) is 4. The molecule has 1 aromatic carbocycles. The lowest BCUT2D eigenvalue weighted by atomic mass is 9.87. The highest BCUT2D eigenvalue weighted by Gasteiger charge is 2.32. The van der Waals surface area contributed by atoms with Crippen molar-refractivity contribution in [1.29, 1.82) is 0 Å². The van der Waals surface area contributed by atoms with Gasteiger partial charge in [0.15, 0.2) is 0 Å². The van der Waals surface area contributed by atoms with Gasteiger partial charge in [-0.25, -0.2) is 0 Å². The Balaban J connectivity index is 2.20. The molecule has 0 aromatic heterocycles. The van der Waals surface area contributed by atoms with Crippen molar-refractivity contribution in [2.75, 3.05) is 20.3 Å². The van der Waals surface area contributed by atoms with Crippen LogP contribution in [-0.4, -0.2) is 42.4 Å². The Morgan fingerprint density at radius 2 is 2.00 bits per heavy atom. The molecule has 0 bridgehead atoms. The molecule has 1 saturated carbocycles. The van der Waals surface area contributed by atoms with Gasteiger partial charge in [-0.15, -0.1) is 0 Å². The first-order valence-electron chi connectivity index (χ1n) is 7.93. The van der Waals surface area contributed by atoms with Crippen molar-refractivity contribution in [2.24, 2.45) is 5.73 Å². The van der Waals surface area contributed by atoms with E-state index in [-0.39, 0.29) is 18.7 Å². The van der Waals surface area contributed by atoms with E-state index in [1.54, 1.807) is 7.11 Å². The largest absolute Gasteiger partial charge is 0.497 e. The lowest BCUT2D eigenvalue weighted by Gasteiger charge is -2.44. The quantitative estimate of drug-likeness (QED) is 0.772. The van der Waals surface area contributed by atoms with E-state index in [1.807, 2.05) is 12.1 Å². The fourth-order valence-electron chi connectivity index (χ4n) is 3.12. The van der Waals surface area contributed by atoms with Crippen LogP contribution in [0.3, 0.4) is 0 Å². The summed E-state index contributed by atoms with van der Waals surface area (Å²) in [6, 6.07) is 9.07. The second-order valence-corrected chi connectivity index (χ2v) is 5.98. The van der Waals surface area contributed by atoms with Crippen LogP contribution in [0.1, 0.15) is 44.2 Å². The summed E-state index contributed by atoms with van der Waals surface area (Å²) in [4.78, 5) is 2.49. The van der Waals surface area contributed by atoms with Crippen LogP contribution in [0.4, 0.5) is 0 Å². The zero-order valence-corrected chi connectivity index (χ0v) is 13.2. The zero-order valence-electron chi connectivity index (χ0n) is 13.2. The van der Waals surface area contributed by atoms with Crippen LogP contribution in [-0.2, 0) is 0 Å². The molecular weight excluding hydrogens is 264 g/mol. The van der Waals surface area contributed by atoms with Gasteiger partial charge in [-0.3, -0.25) is 4.90 Å². The highest BCUT2D eigenvalue weighted by atomic mass is 16.5. The molecule has 1 aromatic rings. The Bertz CT molecular complexity index is 415. The van der Waals surface area contributed by atoms with E-state index in [0.29, 0.717) is 6.04 Å². The summed E-state index contributed by atoms with van der Waals surface area (Å²) in [6.45, 7) is 3.20. The van der Waals surface area contributed by atoms with Gasteiger partial charge in [0.05, 0.1) is 7.11 Å². The van der Waals surface area contributed by atoms with E-state index in [0.717, 1.165) is 18.7 Å². The molecule has 3 N–H and O–H groups in total. The number of nitrogens with two attached hydrogens (primary N) is 1. The molecule has 4 nitrogen and oxygen atoms in total. The van der Waals surface area contributed by atoms with Crippen molar-refractivity contribution < 1.29 is 9.84 Å². The summed E-state index contributed by atoms with van der Waals surface area (Å²) in [7, 11) is 1.68. The maximum Gasteiger partial charge on any atom is 0.118 e. The van der Waals surface area contributed by atoms with Gasteiger partial charge in [0.2, 0.25) is 0 Å². The summed E-state index contributed by atoms with van der Waals surface area (Å²) in [6.07, 6.45) is 4.58. The van der Waals surface area contributed by atoms with Gasteiger partial charge < -0.3 is 15.6 Å². The number of nitrogens with zero attached hydrogens (tertiary/aromatic N) is 1. The summed E-state index contributed by atoms with van der Waals surface area (Å²) < 4.78 is 5.24. The highest BCUT2D eigenvalue weighted by molar-refractivity contribution is 5.30. The smallest absolute Gasteiger partial charge is 0.118 e. The van der Waals surface area contributed by atoms with Crippen LogP contribution in [0.15, 0.2) is 24.3 Å². The molecule has 2 atom stereocenters.